The third-order valence-electron chi connectivity index (χ3n) is 2.90. The number of hydrogen-bond donors (Lipinski definition) is 1. The molecule has 17 heavy (non-hydrogen) atoms. The molecule has 0 bridgehead atoms. The molecule has 5 heteroatoms. The summed E-state index contributed by atoms with van der Waals surface area (Å²) in [5, 5.41) is 0. The van der Waals surface area contributed by atoms with Gasteiger partial charge in [0.05, 0.1) is 20.1 Å². The second-order valence-corrected chi connectivity index (χ2v) is 3.99. The summed E-state index contributed by atoms with van der Waals surface area (Å²) in [7, 11) is 3.10. The van der Waals surface area contributed by atoms with Crippen molar-refractivity contribution in [3.63, 3.8) is 0 Å². The van der Waals surface area contributed by atoms with Gasteiger partial charge in [-0.05, 0) is 19.4 Å². The number of rotatable bonds is 10. The quantitative estimate of drug-likeness (QED) is 0.573. The maximum Gasteiger partial charge on any atom is 0.306 e. The highest BCUT2D eigenvalue weighted by molar-refractivity contribution is 5.69. The molecule has 2 N–H and O–H groups in total. The Bertz CT molecular complexity index is 200. The highest BCUT2D eigenvalue weighted by atomic mass is 16.5. The van der Waals surface area contributed by atoms with Crippen molar-refractivity contribution in [3.05, 3.63) is 0 Å². The monoisotopic (exact) mass is 246 g/mol. The maximum atomic E-state index is 11.2. The minimum Gasteiger partial charge on any atom is -0.469 e. The summed E-state index contributed by atoms with van der Waals surface area (Å²) in [5.74, 6) is -0.171. The van der Waals surface area contributed by atoms with Crippen molar-refractivity contribution in [1.82, 2.24) is 4.90 Å². The fraction of sp³-hybridized carbons (Fsp3) is 0.917. The van der Waals surface area contributed by atoms with Gasteiger partial charge >= 0.3 is 5.97 Å². The van der Waals surface area contributed by atoms with Gasteiger partial charge in [-0.15, -0.1) is 0 Å². The van der Waals surface area contributed by atoms with E-state index in [1.54, 1.807) is 7.11 Å². The molecule has 0 aromatic rings. The predicted octanol–water partition coefficient (Wildman–Crippen LogP) is 0.625. The van der Waals surface area contributed by atoms with Gasteiger partial charge in [0.15, 0.2) is 0 Å². The minimum atomic E-state index is -0.171. The molecule has 102 valence electrons. The summed E-state index contributed by atoms with van der Waals surface area (Å²) in [6.45, 7) is 5.00. The summed E-state index contributed by atoms with van der Waals surface area (Å²) >= 11 is 0. The molecular weight excluding hydrogens is 220 g/mol. The van der Waals surface area contributed by atoms with E-state index in [1.807, 2.05) is 0 Å². The lowest BCUT2D eigenvalue weighted by Crippen LogP contribution is -2.40. The molecule has 0 fully saturated rings. The van der Waals surface area contributed by atoms with Crippen LogP contribution < -0.4 is 5.73 Å². The molecule has 0 aliphatic heterocycles. The second kappa shape index (κ2) is 10.5. The molecular formula is C12H26N2O3. The lowest BCUT2D eigenvalue weighted by molar-refractivity contribution is -0.141. The topological polar surface area (TPSA) is 64.8 Å². The zero-order valence-corrected chi connectivity index (χ0v) is 11.3. The van der Waals surface area contributed by atoms with E-state index in [2.05, 4.69) is 16.6 Å². The molecule has 0 aliphatic carbocycles. The molecule has 0 heterocycles. The maximum absolute atomic E-state index is 11.2. The molecule has 0 aromatic heterocycles. The predicted molar refractivity (Wildman–Crippen MR) is 67.8 cm³/mol. The Morgan fingerprint density at radius 2 is 2.06 bits per heavy atom. The Morgan fingerprint density at radius 1 is 1.35 bits per heavy atom. The van der Waals surface area contributed by atoms with Crippen LogP contribution in [0.15, 0.2) is 0 Å². The average molecular weight is 246 g/mol. The van der Waals surface area contributed by atoms with Crippen LogP contribution in [0, 0.1) is 0 Å². The van der Waals surface area contributed by atoms with Crippen LogP contribution in [0.2, 0.25) is 0 Å². The SMILES string of the molecule is CCC(CCN)N(CCOC)CCC(=O)OC. The van der Waals surface area contributed by atoms with Gasteiger partial charge in [0.1, 0.15) is 0 Å². The van der Waals surface area contributed by atoms with Crippen LogP contribution in [-0.4, -0.2) is 57.4 Å². The molecule has 5 nitrogen and oxygen atoms in total. The summed E-state index contributed by atoms with van der Waals surface area (Å²) in [5.41, 5.74) is 5.60. The van der Waals surface area contributed by atoms with E-state index in [9.17, 15) is 4.79 Å². The minimum absolute atomic E-state index is 0.171. The zero-order valence-electron chi connectivity index (χ0n) is 11.3. The van der Waals surface area contributed by atoms with Gasteiger partial charge in [0, 0.05) is 26.2 Å². The van der Waals surface area contributed by atoms with Crippen molar-refractivity contribution in [1.29, 1.82) is 0 Å². The molecule has 0 saturated carbocycles. The van der Waals surface area contributed by atoms with Gasteiger partial charge in [-0.25, -0.2) is 0 Å². The molecule has 0 aromatic carbocycles. The molecule has 0 saturated heterocycles. The number of ether oxygens (including phenoxy) is 2. The van der Waals surface area contributed by atoms with Gasteiger partial charge in [0.25, 0.3) is 0 Å². The van der Waals surface area contributed by atoms with Crippen molar-refractivity contribution in [2.45, 2.75) is 32.2 Å². The van der Waals surface area contributed by atoms with Gasteiger partial charge in [-0.1, -0.05) is 6.92 Å². The van der Waals surface area contributed by atoms with E-state index < -0.39 is 0 Å². The Hall–Kier alpha value is -0.650. The lowest BCUT2D eigenvalue weighted by atomic mass is 10.1. The van der Waals surface area contributed by atoms with Crippen molar-refractivity contribution >= 4 is 5.97 Å². The molecule has 1 atom stereocenters. The van der Waals surface area contributed by atoms with E-state index in [0.717, 1.165) is 19.4 Å². The molecule has 0 aliphatic rings. The number of nitrogens with zero attached hydrogens (tertiary/aromatic N) is 1. The first kappa shape index (κ1) is 16.4. The van der Waals surface area contributed by atoms with Crippen LogP contribution in [0.1, 0.15) is 26.2 Å². The summed E-state index contributed by atoms with van der Waals surface area (Å²) in [6, 6.07) is 0.416. The smallest absolute Gasteiger partial charge is 0.306 e. The molecule has 1 unspecified atom stereocenters. The average Bonchev–Trinajstić information content (AvgIpc) is 2.36. The van der Waals surface area contributed by atoms with E-state index in [1.165, 1.54) is 7.11 Å². The number of carbonyl (C=O) groups excluding carboxylic acids is 1. The van der Waals surface area contributed by atoms with E-state index in [-0.39, 0.29) is 5.97 Å². The Kier molecular flexibility index (Phi) is 10.1. The summed E-state index contributed by atoms with van der Waals surface area (Å²) < 4.78 is 9.75. The zero-order chi connectivity index (χ0) is 13.1. The Labute approximate surface area is 104 Å². The number of methoxy groups -OCH3 is 2. The highest BCUT2D eigenvalue weighted by Crippen LogP contribution is 2.09. The lowest BCUT2D eigenvalue weighted by Gasteiger charge is -2.30. The van der Waals surface area contributed by atoms with Crippen LogP contribution in [0.5, 0.6) is 0 Å². The van der Waals surface area contributed by atoms with Crippen LogP contribution >= 0.6 is 0 Å². The van der Waals surface area contributed by atoms with E-state index >= 15 is 0 Å². The number of carbonyl (C=O) groups is 1. The molecule has 0 amide bonds. The number of hydrogen-bond acceptors (Lipinski definition) is 5. The van der Waals surface area contributed by atoms with Crippen molar-refractivity contribution < 1.29 is 14.3 Å². The van der Waals surface area contributed by atoms with Crippen molar-refractivity contribution in [2.24, 2.45) is 5.73 Å². The normalized spacial score (nSPS) is 12.8. The molecule has 0 spiro atoms. The third kappa shape index (κ3) is 7.31. The van der Waals surface area contributed by atoms with Gasteiger partial charge in [0.2, 0.25) is 0 Å². The Balaban J connectivity index is 4.22. The van der Waals surface area contributed by atoms with Crippen molar-refractivity contribution in [2.75, 3.05) is 40.5 Å². The van der Waals surface area contributed by atoms with Crippen molar-refractivity contribution in [3.8, 4) is 0 Å². The van der Waals surface area contributed by atoms with Gasteiger partial charge in [-0.2, -0.15) is 0 Å². The van der Waals surface area contributed by atoms with Gasteiger partial charge < -0.3 is 15.2 Å². The first-order valence-electron chi connectivity index (χ1n) is 6.19. The van der Waals surface area contributed by atoms with E-state index in [0.29, 0.717) is 32.2 Å². The first-order chi connectivity index (χ1) is 8.19. The summed E-state index contributed by atoms with van der Waals surface area (Å²) in [6.07, 6.45) is 2.39. The first-order valence-corrected chi connectivity index (χ1v) is 6.19. The van der Waals surface area contributed by atoms with Crippen LogP contribution in [0.4, 0.5) is 0 Å². The van der Waals surface area contributed by atoms with Crippen LogP contribution in [0.25, 0.3) is 0 Å². The third-order valence-corrected chi connectivity index (χ3v) is 2.90. The number of esters is 1. The van der Waals surface area contributed by atoms with E-state index in [4.69, 9.17) is 10.5 Å². The summed E-state index contributed by atoms with van der Waals surface area (Å²) in [4.78, 5) is 13.4. The molecule has 0 rings (SSSR count). The standard InChI is InChI=1S/C12H26N2O3/c1-4-11(5-7-13)14(9-10-16-2)8-6-12(15)17-3/h11H,4-10,13H2,1-3H3. The Morgan fingerprint density at radius 3 is 2.53 bits per heavy atom. The second-order valence-electron chi connectivity index (χ2n) is 3.99. The largest absolute Gasteiger partial charge is 0.469 e. The van der Waals surface area contributed by atoms with Gasteiger partial charge in [-0.3, -0.25) is 9.69 Å². The fourth-order valence-corrected chi connectivity index (χ4v) is 1.86. The molecule has 0 radical (unpaired) electrons. The fourth-order valence-electron chi connectivity index (χ4n) is 1.86. The van der Waals surface area contributed by atoms with Crippen LogP contribution in [-0.2, 0) is 14.3 Å². The number of nitrogens with two attached hydrogens (primary N) is 1. The highest BCUT2D eigenvalue weighted by Gasteiger charge is 2.16. The van der Waals surface area contributed by atoms with Crippen LogP contribution in [0.3, 0.4) is 0 Å².